The Balaban J connectivity index is 1.63. The molecule has 0 N–H and O–H groups in total. The molecule has 3 rings (SSSR count). The van der Waals surface area contributed by atoms with Crippen LogP contribution in [0.15, 0.2) is 60.7 Å². The van der Waals surface area contributed by atoms with Gasteiger partial charge in [0.15, 0.2) is 5.41 Å². The van der Waals surface area contributed by atoms with Crippen molar-refractivity contribution in [1.82, 2.24) is 0 Å². The van der Waals surface area contributed by atoms with Gasteiger partial charge in [0.1, 0.15) is 13.2 Å². The monoisotopic (exact) mass is 338 g/mol. The summed E-state index contributed by atoms with van der Waals surface area (Å²) in [6.07, 6.45) is 2.66. The third kappa shape index (κ3) is 4.08. The first kappa shape index (κ1) is 17.2. The van der Waals surface area contributed by atoms with Crippen LogP contribution in [0.1, 0.15) is 36.8 Å². The second-order valence-corrected chi connectivity index (χ2v) is 6.41. The zero-order valence-corrected chi connectivity index (χ0v) is 14.1. The van der Waals surface area contributed by atoms with Gasteiger partial charge < -0.3 is 9.47 Å². The van der Waals surface area contributed by atoms with Gasteiger partial charge in [-0.3, -0.25) is 9.59 Å². The van der Waals surface area contributed by atoms with Gasteiger partial charge in [-0.15, -0.1) is 0 Å². The van der Waals surface area contributed by atoms with E-state index in [9.17, 15) is 9.59 Å². The maximum Gasteiger partial charge on any atom is 0.323 e. The summed E-state index contributed by atoms with van der Waals surface area (Å²) in [4.78, 5) is 25.3. The Kier molecular flexibility index (Phi) is 5.49. The van der Waals surface area contributed by atoms with Crippen molar-refractivity contribution in [3.63, 3.8) is 0 Å². The first-order valence-electron chi connectivity index (χ1n) is 8.63. The summed E-state index contributed by atoms with van der Waals surface area (Å²) in [5.74, 6) is -0.932. The van der Waals surface area contributed by atoms with E-state index in [0.717, 1.165) is 24.0 Å². The molecule has 0 radical (unpaired) electrons. The fourth-order valence-corrected chi connectivity index (χ4v) is 3.19. The molecule has 0 unspecified atom stereocenters. The number of esters is 2. The van der Waals surface area contributed by atoms with Crippen LogP contribution in [0.3, 0.4) is 0 Å². The van der Waals surface area contributed by atoms with Crippen molar-refractivity contribution in [2.75, 3.05) is 0 Å². The van der Waals surface area contributed by atoms with E-state index in [1.807, 2.05) is 60.7 Å². The Labute approximate surface area is 147 Å². The molecule has 0 heterocycles. The lowest BCUT2D eigenvalue weighted by Gasteiger charge is -2.24. The fraction of sp³-hybridized carbons (Fsp3) is 0.333. The summed E-state index contributed by atoms with van der Waals surface area (Å²) in [5, 5.41) is 0. The van der Waals surface area contributed by atoms with Crippen molar-refractivity contribution < 1.29 is 19.1 Å². The number of carbonyl (C=O) groups excluding carboxylic acids is 2. The number of carbonyl (C=O) groups is 2. The summed E-state index contributed by atoms with van der Waals surface area (Å²) in [6.45, 7) is 0.348. The molecule has 1 saturated carbocycles. The zero-order valence-electron chi connectivity index (χ0n) is 14.1. The molecule has 130 valence electrons. The SMILES string of the molecule is O=C(OCc1ccccc1)C1(C(=O)OCc2ccccc2)CCCC1. The fourth-order valence-electron chi connectivity index (χ4n) is 3.19. The van der Waals surface area contributed by atoms with Crippen LogP contribution in [0, 0.1) is 5.41 Å². The van der Waals surface area contributed by atoms with E-state index >= 15 is 0 Å². The number of hydrogen-bond donors (Lipinski definition) is 0. The van der Waals surface area contributed by atoms with Gasteiger partial charge in [0.25, 0.3) is 0 Å². The van der Waals surface area contributed by atoms with E-state index < -0.39 is 17.4 Å². The number of hydrogen-bond acceptors (Lipinski definition) is 4. The summed E-state index contributed by atoms with van der Waals surface area (Å²) in [6, 6.07) is 18.9. The second-order valence-electron chi connectivity index (χ2n) is 6.41. The maximum absolute atomic E-state index is 12.7. The lowest BCUT2D eigenvalue weighted by atomic mass is 9.86. The molecule has 0 aliphatic heterocycles. The van der Waals surface area contributed by atoms with Gasteiger partial charge in [-0.2, -0.15) is 0 Å². The normalized spacial score (nSPS) is 15.5. The second kappa shape index (κ2) is 7.97. The molecule has 0 amide bonds. The molecular weight excluding hydrogens is 316 g/mol. The van der Waals surface area contributed by atoms with Crippen molar-refractivity contribution in [1.29, 1.82) is 0 Å². The van der Waals surface area contributed by atoms with Crippen molar-refractivity contribution in [2.45, 2.75) is 38.9 Å². The Morgan fingerprint density at radius 2 is 1.12 bits per heavy atom. The van der Waals surface area contributed by atoms with Crippen LogP contribution in [-0.2, 0) is 32.3 Å². The molecule has 0 spiro atoms. The zero-order chi connectivity index (χ0) is 17.5. The summed E-state index contributed by atoms with van der Waals surface area (Å²) in [7, 11) is 0. The number of rotatable bonds is 6. The molecule has 2 aromatic rings. The van der Waals surface area contributed by atoms with Crippen LogP contribution in [0.2, 0.25) is 0 Å². The van der Waals surface area contributed by atoms with Gasteiger partial charge in [0.05, 0.1) is 0 Å². The largest absolute Gasteiger partial charge is 0.460 e. The first-order chi connectivity index (χ1) is 12.2. The van der Waals surface area contributed by atoms with Gasteiger partial charge in [0.2, 0.25) is 0 Å². The van der Waals surface area contributed by atoms with E-state index in [2.05, 4.69) is 0 Å². The van der Waals surface area contributed by atoms with E-state index in [-0.39, 0.29) is 13.2 Å². The summed E-state index contributed by atoms with van der Waals surface area (Å²) in [5.41, 5.74) is 0.659. The predicted molar refractivity (Wildman–Crippen MR) is 93.4 cm³/mol. The molecule has 0 bridgehead atoms. The van der Waals surface area contributed by atoms with Gasteiger partial charge >= 0.3 is 11.9 Å². The minimum Gasteiger partial charge on any atom is -0.460 e. The molecule has 1 fully saturated rings. The molecule has 0 atom stereocenters. The average Bonchev–Trinajstić information content (AvgIpc) is 3.17. The van der Waals surface area contributed by atoms with Gasteiger partial charge in [-0.25, -0.2) is 0 Å². The quantitative estimate of drug-likeness (QED) is 0.589. The van der Waals surface area contributed by atoms with Gasteiger partial charge in [-0.1, -0.05) is 73.5 Å². The van der Waals surface area contributed by atoms with Gasteiger partial charge in [-0.05, 0) is 24.0 Å². The van der Waals surface area contributed by atoms with Crippen LogP contribution in [0.5, 0.6) is 0 Å². The van der Waals surface area contributed by atoms with Gasteiger partial charge in [0, 0.05) is 0 Å². The van der Waals surface area contributed by atoms with Crippen molar-refractivity contribution in [3.8, 4) is 0 Å². The Morgan fingerprint density at radius 1 is 0.720 bits per heavy atom. The lowest BCUT2D eigenvalue weighted by Crippen LogP contribution is -2.39. The highest BCUT2D eigenvalue weighted by Gasteiger charge is 2.50. The van der Waals surface area contributed by atoms with Crippen molar-refractivity contribution in [3.05, 3.63) is 71.8 Å². The van der Waals surface area contributed by atoms with Crippen molar-refractivity contribution >= 4 is 11.9 Å². The smallest absolute Gasteiger partial charge is 0.323 e. The van der Waals surface area contributed by atoms with Crippen LogP contribution < -0.4 is 0 Å². The molecule has 0 saturated heterocycles. The van der Waals surface area contributed by atoms with E-state index in [4.69, 9.17) is 9.47 Å². The summed E-state index contributed by atoms with van der Waals surface area (Å²) >= 11 is 0. The molecular formula is C21H22O4. The Hall–Kier alpha value is -2.62. The minimum atomic E-state index is -1.15. The average molecular weight is 338 g/mol. The Bertz CT molecular complexity index is 646. The molecule has 4 heteroatoms. The van der Waals surface area contributed by atoms with E-state index in [1.54, 1.807) is 0 Å². The molecule has 25 heavy (non-hydrogen) atoms. The maximum atomic E-state index is 12.7. The summed E-state index contributed by atoms with van der Waals surface area (Å²) < 4.78 is 10.9. The number of benzene rings is 2. The van der Waals surface area contributed by atoms with Crippen LogP contribution in [0.4, 0.5) is 0 Å². The minimum absolute atomic E-state index is 0.174. The third-order valence-electron chi connectivity index (χ3n) is 4.66. The highest BCUT2D eigenvalue weighted by molar-refractivity contribution is 6.00. The topological polar surface area (TPSA) is 52.6 Å². The molecule has 0 aromatic heterocycles. The Morgan fingerprint density at radius 3 is 1.52 bits per heavy atom. The first-order valence-corrected chi connectivity index (χ1v) is 8.63. The molecule has 1 aliphatic carbocycles. The van der Waals surface area contributed by atoms with Crippen LogP contribution in [0.25, 0.3) is 0 Å². The highest BCUT2D eigenvalue weighted by atomic mass is 16.6. The standard InChI is InChI=1S/C21H22O4/c22-19(24-15-17-9-3-1-4-10-17)21(13-7-8-14-21)20(23)25-16-18-11-5-2-6-12-18/h1-6,9-12H,7-8,13-16H2. The highest BCUT2D eigenvalue weighted by Crippen LogP contribution is 2.41. The molecule has 1 aliphatic rings. The number of ether oxygens (including phenoxy) is 2. The third-order valence-corrected chi connectivity index (χ3v) is 4.66. The van der Waals surface area contributed by atoms with Crippen LogP contribution in [-0.4, -0.2) is 11.9 Å². The molecule has 4 nitrogen and oxygen atoms in total. The van der Waals surface area contributed by atoms with E-state index in [1.165, 1.54) is 0 Å². The van der Waals surface area contributed by atoms with Crippen molar-refractivity contribution in [2.24, 2.45) is 5.41 Å². The van der Waals surface area contributed by atoms with Crippen LogP contribution >= 0.6 is 0 Å². The predicted octanol–water partition coefficient (Wildman–Crippen LogP) is 4.03. The lowest BCUT2D eigenvalue weighted by molar-refractivity contribution is -0.173. The molecule has 2 aromatic carbocycles. The van der Waals surface area contributed by atoms with E-state index in [0.29, 0.717) is 12.8 Å².